The van der Waals surface area contributed by atoms with Crippen LogP contribution in [0.15, 0.2) is 48.7 Å². The van der Waals surface area contributed by atoms with E-state index in [9.17, 15) is 23.1 Å². The number of fused-ring (bicyclic) bond motifs is 2. The second-order valence-corrected chi connectivity index (χ2v) is 9.94. The van der Waals surface area contributed by atoms with Gasteiger partial charge < -0.3 is 9.84 Å². The summed E-state index contributed by atoms with van der Waals surface area (Å²) >= 11 is 0. The highest BCUT2D eigenvalue weighted by Crippen LogP contribution is 2.53. The van der Waals surface area contributed by atoms with Crippen molar-refractivity contribution >= 4 is 12.0 Å². The van der Waals surface area contributed by atoms with Crippen molar-refractivity contribution in [3.8, 4) is 11.1 Å². The third-order valence-electron chi connectivity index (χ3n) is 7.93. The second-order valence-electron chi connectivity index (χ2n) is 9.94. The van der Waals surface area contributed by atoms with Crippen LogP contribution in [0.4, 0.5) is 13.2 Å². The Morgan fingerprint density at radius 1 is 1.12 bits per heavy atom. The van der Waals surface area contributed by atoms with Crippen LogP contribution in [0.25, 0.3) is 17.2 Å². The SMILES string of the molecule is C[C@H]1OC(=O)[C@@H]2C[C@@H]3CC[C@@H](O)C[C@H]3[C@H](/C=C/c3ccc(-c4cccc(C(F)(F)F)c4)cn3)[C@H]12. The number of halogens is 3. The van der Waals surface area contributed by atoms with Crippen molar-refractivity contribution in [1.29, 1.82) is 0 Å². The summed E-state index contributed by atoms with van der Waals surface area (Å²) in [5, 5.41) is 10.3. The number of allylic oxidation sites excluding steroid dienone is 1. The summed E-state index contributed by atoms with van der Waals surface area (Å²) in [4.78, 5) is 16.9. The van der Waals surface area contributed by atoms with Crippen molar-refractivity contribution in [2.24, 2.45) is 29.6 Å². The van der Waals surface area contributed by atoms with Gasteiger partial charge in [0.25, 0.3) is 0 Å². The number of alkyl halides is 3. The fraction of sp³-hybridized carbons (Fsp3) is 0.481. The van der Waals surface area contributed by atoms with E-state index in [-0.39, 0.29) is 35.9 Å². The fourth-order valence-electron chi connectivity index (χ4n) is 6.32. The lowest BCUT2D eigenvalue weighted by atomic mass is 9.57. The maximum absolute atomic E-state index is 13.0. The Morgan fingerprint density at radius 2 is 1.94 bits per heavy atom. The molecule has 0 bridgehead atoms. The number of hydrogen-bond donors (Lipinski definition) is 1. The fourth-order valence-corrected chi connectivity index (χ4v) is 6.32. The molecule has 2 heterocycles. The number of rotatable bonds is 3. The molecule has 5 rings (SSSR count). The summed E-state index contributed by atoms with van der Waals surface area (Å²) in [6.07, 6.45) is 4.01. The molecule has 1 aromatic carbocycles. The number of ether oxygens (including phenoxy) is 1. The van der Waals surface area contributed by atoms with E-state index in [0.717, 1.165) is 37.8 Å². The number of hydrogen-bond acceptors (Lipinski definition) is 4. The van der Waals surface area contributed by atoms with Crippen LogP contribution in [0, 0.1) is 29.6 Å². The summed E-state index contributed by atoms with van der Waals surface area (Å²) in [6.45, 7) is 1.95. The van der Waals surface area contributed by atoms with Gasteiger partial charge in [-0.2, -0.15) is 13.2 Å². The lowest BCUT2D eigenvalue weighted by molar-refractivity contribution is -0.144. The molecule has 0 radical (unpaired) electrons. The maximum Gasteiger partial charge on any atom is 0.416 e. The number of aliphatic hydroxyl groups is 1. The lowest BCUT2D eigenvalue weighted by Crippen LogP contribution is -2.45. The standard InChI is InChI=1S/C27H28F3NO3/c1-15-25-22(23-13-21(32)9-6-17(23)12-24(25)26(33)34-15)10-8-20-7-5-18(14-31-20)16-3-2-4-19(11-16)27(28,29)30/h2-5,7-8,10-11,14-15,17,21-25,32H,6,9,12-13H2,1H3/b10-8+/t15-,17+,21-,22+,23-,24-,25+/m1/s1. The number of esters is 1. The number of aliphatic hydroxyl groups excluding tert-OH is 1. The Morgan fingerprint density at radius 3 is 2.68 bits per heavy atom. The van der Waals surface area contributed by atoms with Gasteiger partial charge in [-0.15, -0.1) is 0 Å². The van der Waals surface area contributed by atoms with E-state index in [1.807, 2.05) is 13.0 Å². The number of cyclic esters (lactones) is 1. The molecule has 2 aliphatic carbocycles. The number of carbonyl (C=O) groups excluding carboxylic acids is 1. The third-order valence-corrected chi connectivity index (χ3v) is 7.93. The Kier molecular flexibility index (Phi) is 6.00. The lowest BCUT2D eigenvalue weighted by Gasteiger charge is -2.46. The summed E-state index contributed by atoms with van der Waals surface area (Å²) in [7, 11) is 0. The van der Waals surface area contributed by atoms with Crippen LogP contribution in [-0.4, -0.2) is 28.3 Å². The molecule has 1 aliphatic heterocycles. The maximum atomic E-state index is 13.0. The molecule has 3 aliphatic rings. The molecule has 2 aromatic rings. The average molecular weight is 472 g/mol. The van der Waals surface area contributed by atoms with Crippen LogP contribution in [0.2, 0.25) is 0 Å². The number of aromatic nitrogens is 1. The Bertz CT molecular complexity index is 1080. The van der Waals surface area contributed by atoms with Crippen LogP contribution in [0.3, 0.4) is 0 Å². The molecule has 1 saturated heterocycles. The number of benzene rings is 1. The molecule has 3 fully saturated rings. The van der Waals surface area contributed by atoms with Gasteiger partial charge in [0.15, 0.2) is 0 Å². The summed E-state index contributed by atoms with van der Waals surface area (Å²) < 4.78 is 44.7. The molecule has 2 saturated carbocycles. The third kappa shape index (κ3) is 4.38. The van der Waals surface area contributed by atoms with Gasteiger partial charge in [0.2, 0.25) is 0 Å². The van der Waals surface area contributed by atoms with Gasteiger partial charge >= 0.3 is 12.1 Å². The number of pyridine rings is 1. The zero-order chi connectivity index (χ0) is 24.0. The first-order chi connectivity index (χ1) is 16.2. The minimum atomic E-state index is -4.39. The predicted molar refractivity (Wildman–Crippen MR) is 121 cm³/mol. The average Bonchev–Trinajstić information content (AvgIpc) is 3.10. The van der Waals surface area contributed by atoms with Crippen molar-refractivity contribution < 1.29 is 27.8 Å². The van der Waals surface area contributed by atoms with Gasteiger partial charge in [0.05, 0.1) is 23.3 Å². The van der Waals surface area contributed by atoms with Gasteiger partial charge in [-0.25, -0.2) is 0 Å². The van der Waals surface area contributed by atoms with Gasteiger partial charge in [0, 0.05) is 17.7 Å². The van der Waals surface area contributed by atoms with E-state index in [1.54, 1.807) is 24.4 Å². The molecule has 34 heavy (non-hydrogen) atoms. The quantitative estimate of drug-likeness (QED) is 0.579. The van der Waals surface area contributed by atoms with E-state index in [1.165, 1.54) is 6.07 Å². The van der Waals surface area contributed by atoms with Crippen molar-refractivity contribution in [3.05, 3.63) is 59.9 Å². The number of nitrogens with zero attached hydrogens (tertiary/aromatic N) is 1. The first-order valence-corrected chi connectivity index (χ1v) is 11.9. The van der Waals surface area contributed by atoms with E-state index in [0.29, 0.717) is 28.7 Å². The second kappa shape index (κ2) is 8.84. The Balaban J connectivity index is 1.38. The van der Waals surface area contributed by atoms with Gasteiger partial charge in [-0.1, -0.05) is 24.3 Å². The minimum Gasteiger partial charge on any atom is -0.462 e. The molecule has 1 aromatic heterocycles. The van der Waals surface area contributed by atoms with Crippen LogP contribution in [0.5, 0.6) is 0 Å². The minimum absolute atomic E-state index is 0.0830. The molecule has 7 heteroatoms. The van der Waals surface area contributed by atoms with Crippen molar-refractivity contribution in [1.82, 2.24) is 4.98 Å². The van der Waals surface area contributed by atoms with Crippen LogP contribution in [0.1, 0.15) is 43.9 Å². The van der Waals surface area contributed by atoms with Crippen LogP contribution < -0.4 is 0 Å². The van der Waals surface area contributed by atoms with E-state index >= 15 is 0 Å². The largest absolute Gasteiger partial charge is 0.462 e. The van der Waals surface area contributed by atoms with Gasteiger partial charge in [0.1, 0.15) is 6.10 Å². The molecule has 180 valence electrons. The summed E-state index contributed by atoms with van der Waals surface area (Å²) in [5.74, 6) is 0.669. The molecular weight excluding hydrogens is 443 g/mol. The Labute approximate surface area is 196 Å². The number of carbonyl (C=O) groups is 1. The van der Waals surface area contributed by atoms with E-state index in [4.69, 9.17) is 4.74 Å². The first kappa shape index (κ1) is 23.1. The summed E-state index contributed by atoms with van der Waals surface area (Å²) in [6, 6.07) is 8.77. The van der Waals surface area contributed by atoms with Crippen LogP contribution in [-0.2, 0) is 15.7 Å². The summed E-state index contributed by atoms with van der Waals surface area (Å²) in [5.41, 5.74) is 1.08. The highest BCUT2D eigenvalue weighted by atomic mass is 19.4. The molecule has 7 atom stereocenters. The molecule has 0 spiro atoms. The highest BCUT2D eigenvalue weighted by molar-refractivity contribution is 5.75. The van der Waals surface area contributed by atoms with Crippen molar-refractivity contribution in [2.45, 2.75) is 51.0 Å². The van der Waals surface area contributed by atoms with E-state index < -0.39 is 11.7 Å². The molecule has 0 unspecified atom stereocenters. The van der Waals surface area contributed by atoms with Crippen molar-refractivity contribution in [2.75, 3.05) is 0 Å². The zero-order valence-electron chi connectivity index (χ0n) is 18.9. The van der Waals surface area contributed by atoms with Gasteiger partial charge in [-0.05, 0) is 80.2 Å². The molecule has 4 nitrogen and oxygen atoms in total. The topological polar surface area (TPSA) is 59.4 Å². The molecule has 0 amide bonds. The highest BCUT2D eigenvalue weighted by Gasteiger charge is 2.54. The zero-order valence-corrected chi connectivity index (χ0v) is 18.9. The van der Waals surface area contributed by atoms with E-state index in [2.05, 4.69) is 11.1 Å². The normalized spacial score (nSPS) is 33.4. The Hall–Kier alpha value is -2.67. The van der Waals surface area contributed by atoms with Crippen molar-refractivity contribution in [3.63, 3.8) is 0 Å². The van der Waals surface area contributed by atoms with Gasteiger partial charge in [-0.3, -0.25) is 9.78 Å². The predicted octanol–water partition coefficient (Wildman–Crippen LogP) is 5.76. The molecular formula is C27H28F3NO3. The van der Waals surface area contributed by atoms with Crippen LogP contribution >= 0.6 is 0 Å². The first-order valence-electron chi connectivity index (χ1n) is 11.9. The smallest absolute Gasteiger partial charge is 0.416 e. The molecule has 1 N–H and O–H groups in total. The monoisotopic (exact) mass is 471 g/mol.